The Morgan fingerprint density at radius 2 is 2.00 bits per heavy atom. The van der Waals surface area contributed by atoms with E-state index in [1.165, 1.54) is 0 Å². The summed E-state index contributed by atoms with van der Waals surface area (Å²) in [4.78, 5) is 19.9. The van der Waals surface area contributed by atoms with Crippen molar-refractivity contribution in [2.75, 3.05) is 6.61 Å². The maximum atomic E-state index is 11.0. The number of pyridine rings is 1. The zero-order chi connectivity index (χ0) is 18.8. The van der Waals surface area contributed by atoms with E-state index in [-0.39, 0.29) is 0 Å². The highest BCUT2D eigenvalue weighted by atomic mass is 79.9. The maximum Gasteiger partial charge on any atom is 0.341 e. The lowest BCUT2D eigenvalue weighted by Crippen LogP contribution is -2.10. The Bertz CT molecular complexity index is 1110. The number of hydrogen-bond donors (Lipinski definition) is 1. The second-order valence-corrected chi connectivity index (χ2v) is 6.67. The third-order valence-electron chi connectivity index (χ3n) is 4.06. The predicted molar refractivity (Wildman–Crippen MR) is 105 cm³/mol. The summed E-state index contributed by atoms with van der Waals surface area (Å²) >= 11 is 3.44. The van der Waals surface area contributed by atoms with E-state index in [9.17, 15) is 4.79 Å². The minimum atomic E-state index is -1.05. The number of aliphatic carboxylic acids is 1. The Kier molecular flexibility index (Phi) is 4.60. The Morgan fingerprint density at radius 1 is 1.19 bits per heavy atom. The van der Waals surface area contributed by atoms with Crippen molar-refractivity contribution in [3.8, 4) is 22.7 Å². The number of hydrogen-bond acceptors (Lipinski definition) is 4. The maximum absolute atomic E-state index is 11.0. The van der Waals surface area contributed by atoms with Crippen molar-refractivity contribution >= 4 is 32.8 Å². The third kappa shape index (κ3) is 3.41. The number of carboxylic acids is 1. The van der Waals surface area contributed by atoms with Gasteiger partial charge in [0.05, 0.1) is 22.2 Å². The molecule has 4 aromatic rings. The normalized spacial score (nSPS) is 10.9. The van der Waals surface area contributed by atoms with Crippen LogP contribution in [0.4, 0.5) is 0 Å². The van der Waals surface area contributed by atoms with Crippen LogP contribution < -0.4 is 4.74 Å². The molecule has 7 heteroatoms. The number of halogens is 1. The molecule has 0 saturated heterocycles. The molecule has 0 saturated carbocycles. The fraction of sp³-hybridized carbons (Fsp3) is 0.0500. The van der Waals surface area contributed by atoms with Crippen molar-refractivity contribution in [3.05, 3.63) is 71.7 Å². The smallest absolute Gasteiger partial charge is 0.341 e. The zero-order valence-corrected chi connectivity index (χ0v) is 15.6. The van der Waals surface area contributed by atoms with E-state index in [4.69, 9.17) is 14.8 Å². The average Bonchev–Trinajstić information content (AvgIpc) is 3.21. The molecule has 2 aromatic carbocycles. The van der Waals surface area contributed by atoms with Crippen LogP contribution in [0.5, 0.6) is 5.75 Å². The van der Waals surface area contributed by atoms with Crippen molar-refractivity contribution < 1.29 is 14.6 Å². The molecule has 134 valence electrons. The molecule has 0 aliphatic rings. The van der Waals surface area contributed by atoms with Gasteiger partial charge in [-0.3, -0.25) is 0 Å². The fourth-order valence-corrected chi connectivity index (χ4v) is 3.30. The first-order chi connectivity index (χ1) is 13.1. The van der Waals surface area contributed by atoms with Crippen LogP contribution in [0.15, 0.2) is 71.7 Å². The van der Waals surface area contributed by atoms with Crippen molar-refractivity contribution in [1.29, 1.82) is 0 Å². The average molecular weight is 424 g/mol. The highest BCUT2D eigenvalue weighted by Crippen LogP contribution is 2.37. The van der Waals surface area contributed by atoms with E-state index in [2.05, 4.69) is 20.9 Å². The lowest BCUT2D eigenvalue weighted by molar-refractivity contribution is -0.139. The second kappa shape index (κ2) is 7.20. The van der Waals surface area contributed by atoms with Gasteiger partial charge in [-0.15, -0.1) is 0 Å². The second-order valence-electron chi connectivity index (χ2n) is 5.82. The van der Waals surface area contributed by atoms with Crippen molar-refractivity contribution in [2.45, 2.75) is 0 Å². The van der Waals surface area contributed by atoms with Crippen LogP contribution in [0, 0.1) is 0 Å². The van der Waals surface area contributed by atoms with Crippen LogP contribution in [-0.2, 0) is 4.79 Å². The summed E-state index contributed by atoms with van der Waals surface area (Å²) in [5.41, 5.74) is 3.16. The van der Waals surface area contributed by atoms with Gasteiger partial charge in [0, 0.05) is 23.3 Å². The molecule has 0 unspecified atom stereocenters. The standard InChI is InChI=1S/C20H14BrN3O3/c21-15-7-6-14-17(24-9-8-22-12-24)10-16(13-4-2-1-3-5-13)23-19(14)20(15)27-11-18(25)26/h1-10,12H,11H2,(H,25,26). The molecule has 0 atom stereocenters. The fourth-order valence-electron chi connectivity index (χ4n) is 2.87. The van der Waals surface area contributed by atoms with Gasteiger partial charge in [-0.25, -0.2) is 14.8 Å². The number of ether oxygens (including phenoxy) is 1. The summed E-state index contributed by atoms with van der Waals surface area (Å²) in [6.45, 7) is -0.449. The number of aromatic nitrogens is 3. The molecule has 0 radical (unpaired) electrons. The molecule has 4 rings (SSSR count). The summed E-state index contributed by atoms with van der Waals surface area (Å²) in [5.74, 6) is -0.651. The molecule has 1 N–H and O–H groups in total. The molecule has 6 nitrogen and oxygen atoms in total. The third-order valence-corrected chi connectivity index (χ3v) is 4.68. The molecule has 0 spiro atoms. The molecule has 0 amide bonds. The number of nitrogens with zero attached hydrogens (tertiary/aromatic N) is 3. The molecule has 0 fully saturated rings. The van der Waals surface area contributed by atoms with Crippen LogP contribution in [0.2, 0.25) is 0 Å². The summed E-state index contributed by atoms with van der Waals surface area (Å²) in [6, 6.07) is 15.5. The molecule has 0 aliphatic heterocycles. The van der Waals surface area contributed by atoms with Crippen LogP contribution in [0.25, 0.3) is 27.8 Å². The van der Waals surface area contributed by atoms with Crippen LogP contribution in [-0.4, -0.2) is 32.2 Å². The molecular formula is C20H14BrN3O3. The van der Waals surface area contributed by atoms with Gasteiger partial charge in [0.2, 0.25) is 0 Å². The largest absolute Gasteiger partial charge is 0.479 e. The zero-order valence-electron chi connectivity index (χ0n) is 14.0. The minimum absolute atomic E-state index is 0.397. The van der Waals surface area contributed by atoms with Crippen molar-refractivity contribution in [3.63, 3.8) is 0 Å². The van der Waals surface area contributed by atoms with Gasteiger partial charge >= 0.3 is 5.97 Å². The number of imidazole rings is 1. The minimum Gasteiger partial charge on any atom is -0.479 e. The number of carboxylic acid groups (broad SMARTS) is 1. The Morgan fingerprint density at radius 3 is 2.70 bits per heavy atom. The van der Waals surface area contributed by atoms with Gasteiger partial charge in [0.25, 0.3) is 0 Å². The SMILES string of the molecule is O=C(O)COc1c(Br)ccc2c(-n3ccnc3)cc(-c3ccccc3)nc12. The summed E-state index contributed by atoms with van der Waals surface area (Å²) in [6.07, 6.45) is 5.27. The lowest BCUT2D eigenvalue weighted by atomic mass is 10.1. The summed E-state index contributed by atoms with van der Waals surface area (Å²) < 4.78 is 8.08. The number of fused-ring (bicyclic) bond motifs is 1. The van der Waals surface area contributed by atoms with Gasteiger partial charge < -0.3 is 14.4 Å². The van der Waals surface area contributed by atoms with E-state index in [0.29, 0.717) is 15.7 Å². The monoisotopic (exact) mass is 423 g/mol. The molecule has 0 bridgehead atoms. The van der Waals surface area contributed by atoms with Gasteiger partial charge in [-0.1, -0.05) is 30.3 Å². The molecule has 2 heterocycles. The van der Waals surface area contributed by atoms with E-state index in [0.717, 1.165) is 22.3 Å². The van der Waals surface area contributed by atoms with Crippen LogP contribution >= 0.6 is 15.9 Å². The Balaban J connectivity index is 2.00. The molecular weight excluding hydrogens is 410 g/mol. The number of benzene rings is 2. The van der Waals surface area contributed by atoms with E-state index in [1.54, 1.807) is 12.5 Å². The highest BCUT2D eigenvalue weighted by Gasteiger charge is 2.16. The first kappa shape index (κ1) is 17.2. The first-order valence-corrected chi connectivity index (χ1v) is 8.94. The quantitative estimate of drug-likeness (QED) is 0.517. The highest BCUT2D eigenvalue weighted by molar-refractivity contribution is 9.10. The molecule has 2 aromatic heterocycles. The van der Waals surface area contributed by atoms with E-state index in [1.807, 2.05) is 59.3 Å². The predicted octanol–water partition coefficient (Wildman–Crippen LogP) is 4.31. The summed E-state index contributed by atoms with van der Waals surface area (Å²) in [7, 11) is 0. The van der Waals surface area contributed by atoms with Gasteiger partial charge in [0.15, 0.2) is 12.4 Å². The number of carbonyl (C=O) groups is 1. The van der Waals surface area contributed by atoms with E-state index >= 15 is 0 Å². The summed E-state index contributed by atoms with van der Waals surface area (Å²) in [5, 5.41) is 9.83. The first-order valence-electron chi connectivity index (χ1n) is 8.15. The van der Waals surface area contributed by atoms with Crippen LogP contribution in [0.3, 0.4) is 0 Å². The number of rotatable bonds is 5. The molecule has 27 heavy (non-hydrogen) atoms. The van der Waals surface area contributed by atoms with Gasteiger partial charge in [0.1, 0.15) is 5.52 Å². The van der Waals surface area contributed by atoms with Gasteiger partial charge in [-0.05, 0) is 34.1 Å². The Labute approximate surface area is 163 Å². The van der Waals surface area contributed by atoms with Crippen LogP contribution in [0.1, 0.15) is 0 Å². The topological polar surface area (TPSA) is 77.2 Å². The molecule has 0 aliphatic carbocycles. The van der Waals surface area contributed by atoms with Crippen molar-refractivity contribution in [2.24, 2.45) is 0 Å². The van der Waals surface area contributed by atoms with Gasteiger partial charge in [-0.2, -0.15) is 0 Å². The lowest BCUT2D eigenvalue weighted by Gasteiger charge is -2.14. The Hall–Kier alpha value is -3.19. The van der Waals surface area contributed by atoms with Crippen molar-refractivity contribution in [1.82, 2.24) is 14.5 Å². The van der Waals surface area contributed by atoms with E-state index < -0.39 is 12.6 Å².